The molecule has 0 aliphatic carbocycles. The fraction of sp³-hybridized carbons (Fsp3) is 0.400. The Labute approximate surface area is 44.4 Å². The van der Waals surface area contributed by atoms with Gasteiger partial charge in [-0.1, -0.05) is 18.5 Å². The Bertz CT molecular complexity index is 57.7. The van der Waals surface area contributed by atoms with E-state index in [2.05, 4.69) is 31.4 Å². The third-order valence-electron chi connectivity index (χ3n) is 0.322. The van der Waals surface area contributed by atoms with Gasteiger partial charge in [0.1, 0.15) is 0 Å². The van der Waals surface area contributed by atoms with Crippen molar-refractivity contribution in [1.82, 2.24) is 0 Å². The molecule has 0 N–H and O–H groups in total. The molecule has 1 heteroatoms. The first-order valence-corrected chi connectivity index (χ1v) is 2.32. The second-order valence-electron chi connectivity index (χ2n) is 0.748. The molecule has 0 unspecified atom stereocenters. The van der Waals surface area contributed by atoms with Crippen molar-refractivity contribution in [2.24, 2.45) is 0 Å². The van der Waals surface area contributed by atoms with Gasteiger partial charge >= 0.3 is 0 Å². The molecule has 0 aromatic rings. The van der Waals surface area contributed by atoms with Crippen LogP contribution in [0.4, 0.5) is 0 Å². The van der Waals surface area contributed by atoms with Gasteiger partial charge in [-0.15, -0.1) is 5.92 Å². The molecule has 0 atom stereocenters. The van der Waals surface area contributed by atoms with Crippen molar-refractivity contribution in [1.29, 1.82) is 0 Å². The minimum atomic E-state index is 0.537. The lowest BCUT2D eigenvalue weighted by atomic mass is 10.5. The number of rotatable bonds is 0. The fourth-order valence-corrected chi connectivity index (χ4v) is 0.241. The predicted molar refractivity (Wildman–Crippen MR) is 30.2 cm³/mol. The van der Waals surface area contributed by atoms with Crippen LogP contribution in [0.25, 0.3) is 0 Å². The van der Waals surface area contributed by atoms with Crippen molar-refractivity contribution in [2.45, 2.75) is 6.42 Å². The van der Waals surface area contributed by atoms with Crippen molar-refractivity contribution in [2.75, 3.05) is 5.75 Å². The summed E-state index contributed by atoms with van der Waals surface area (Å²) in [7, 11) is 0. The highest BCUT2D eigenvalue weighted by atomic mass is 32.1. The van der Waals surface area contributed by atoms with Crippen LogP contribution in [0.5, 0.6) is 0 Å². The Balaban J connectivity index is 2.90. The molecule has 0 bridgehead atoms. The second kappa shape index (κ2) is 4.91. The summed E-state index contributed by atoms with van der Waals surface area (Å²) in [4.78, 5) is 0. The van der Waals surface area contributed by atoms with Gasteiger partial charge in [-0.05, 0) is 6.92 Å². The Morgan fingerprint density at radius 2 is 2.17 bits per heavy atom. The van der Waals surface area contributed by atoms with E-state index in [0.29, 0.717) is 12.2 Å². The Morgan fingerprint density at radius 1 is 1.50 bits per heavy atom. The van der Waals surface area contributed by atoms with Crippen molar-refractivity contribution in [3.8, 4) is 11.8 Å². The Hall–Kier alpha value is -0.0900. The van der Waals surface area contributed by atoms with Gasteiger partial charge in [0.25, 0.3) is 0 Å². The molecule has 6 heavy (non-hydrogen) atoms. The molecule has 0 aliphatic rings. The van der Waals surface area contributed by atoms with Crippen LogP contribution >= 0.6 is 12.6 Å². The topological polar surface area (TPSA) is 0 Å². The van der Waals surface area contributed by atoms with Crippen LogP contribution in [0.3, 0.4) is 0 Å². The first kappa shape index (κ1) is 5.91. The molecule has 0 heterocycles. The smallest absolute Gasteiger partial charge is 0.0651 e. The van der Waals surface area contributed by atoms with E-state index >= 15 is 0 Å². The maximum atomic E-state index is 4.52. The minimum absolute atomic E-state index is 0.537. The molecule has 0 fully saturated rings. The molecule has 0 saturated carbocycles. The van der Waals surface area contributed by atoms with Crippen molar-refractivity contribution in [3.63, 3.8) is 0 Å². The third kappa shape index (κ3) is 3.91. The summed E-state index contributed by atoms with van der Waals surface area (Å²) >= 11 is 4.52. The SMILES string of the molecule is [CH2]CC#CC[S]. The van der Waals surface area contributed by atoms with E-state index in [4.69, 9.17) is 0 Å². The van der Waals surface area contributed by atoms with Crippen LogP contribution in [0.15, 0.2) is 0 Å². The highest BCUT2D eigenvalue weighted by molar-refractivity contribution is 7.80. The molecule has 0 saturated heterocycles. The maximum absolute atomic E-state index is 4.52. The van der Waals surface area contributed by atoms with Gasteiger partial charge in [-0.2, -0.15) is 0 Å². The zero-order valence-electron chi connectivity index (χ0n) is 3.53. The van der Waals surface area contributed by atoms with Gasteiger partial charge in [0.2, 0.25) is 0 Å². The number of hydrogen-bond acceptors (Lipinski definition) is 0. The first-order valence-electron chi connectivity index (χ1n) is 1.75. The normalized spacial score (nSPS) is 6.33. The predicted octanol–water partition coefficient (Wildman–Crippen LogP) is 1.41. The summed E-state index contributed by atoms with van der Waals surface area (Å²) < 4.78 is 0. The molecule has 0 spiro atoms. The molecule has 0 aromatic carbocycles. The van der Waals surface area contributed by atoms with Crippen molar-refractivity contribution < 1.29 is 0 Å². The summed E-state index contributed by atoms with van der Waals surface area (Å²) in [6.07, 6.45) is 0.677. The largest absolute Gasteiger partial charge is 0.102 e. The first-order chi connectivity index (χ1) is 2.91. The second-order valence-corrected chi connectivity index (χ2v) is 1.04. The average molecular weight is 98.2 g/mol. The van der Waals surface area contributed by atoms with Gasteiger partial charge < -0.3 is 0 Å². The van der Waals surface area contributed by atoms with Crippen LogP contribution in [0.1, 0.15) is 6.42 Å². The summed E-state index contributed by atoms with van der Waals surface area (Å²) in [5.74, 6) is 5.97. The van der Waals surface area contributed by atoms with E-state index in [-0.39, 0.29) is 0 Å². The summed E-state index contributed by atoms with van der Waals surface area (Å²) in [6.45, 7) is 3.50. The lowest BCUT2D eigenvalue weighted by Gasteiger charge is -1.64. The fourth-order valence-electron chi connectivity index (χ4n) is 0.139. The van der Waals surface area contributed by atoms with E-state index in [9.17, 15) is 0 Å². The lowest BCUT2D eigenvalue weighted by Crippen LogP contribution is -1.57. The van der Waals surface area contributed by atoms with Gasteiger partial charge in [0.15, 0.2) is 0 Å². The van der Waals surface area contributed by atoms with Crippen LogP contribution in [-0.4, -0.2) is 5.75 Å². The zero-order valence-corrected chi connectivity index (χ0v) is 4.35. The third-order valence-corrected chi connectivity index (χ3v) is 0.467. The highest BCUT2D eigenvalue weighted by Crippen LogP contribution is 1.68. The van der Waals surface area contributed by atoms with Crippen LogP contribution in [-0.2, 0) is 0 Å². The van der Waals surface area contributed by atoms with Gasteiger partial charge in [0, 0.05) is 6.42 Å². The van der Waals surface area contributed by atoms with Gasteiger partial charge in [0.05, 0.1) is 5.75 Å². The van der Waals surface area contributed by atoms with E-state index in [1.165, 1.54) is 0 Å². The highest BCUT2D eigenvalue weighted by Gasteiger charge is 1.57. The van der Waals surface area contributed by atoms with E-state index in [1.54, 1.807) is 0 Å². The zero-order chi connectivity index (χ0) is 4.83. The Morgan fingerprint density at radius 3 is 2.33 bits per heavy atom. The Kier molecular flexibility index (Phi) is 4.84. The molecule has 0 amide bonds. The van der Waals surface area contributed by atoms with Crippen molar-refractivity contribution in [3.05, 3.63) is 6.92 Å². The maximum Gasteiger partial charge on any atom is 0.0651 e. The molecule has 32 valence electrons. The van der Waals surface area contributed by atoms with E-state index in [0.717, 1.165) is 0 Å². The van der Waals surface area contributed by atoms with E-state index in [1.807, 2.05) is 0 Å². The molecular weight excluding hydrogens is 92.1 g/mol. The molecule has 2 radical (unpaired) electrons. The molecule has 0 aromatic heterocycles. The van der Waals surface area contributed by atoms with E-state index < -0.39 is 0 Å². The minimum Gasteiger partial charge on any atom is -0.102 e. The van der Waals surface area contributed by atoms with Gasteiger partial charge in [-0.3, -0.25) is 0 Å². The monoisotopic (exact) mass is 98.0 g/mol. The summed E-state index contributed by atoms with van der Waals surface area (Å²) in [6, 6.07) is 0. The number of hydrogen-bond donors (Lipinski definition) is 0. The van der Waals surface area contributed by atoms with Crippen LogP contribution < -0.4 is 0 Å². The molecular formula is C5H6S. The summed E-state index contributed by atoms with van der Waals surface area (Å²) in [5, 5.41) is 0. The van der Waals surface area contributed by atoms with Crippen LogP contribution in [0, 0.1) is 18.8 Å². The quantitative estimate of drug-likeness (QED) is 0.402. The molecule has 0 nitrogen and oxygen atoms in total. The molecule has 0 aliphatic heterocycles. The molecule has 0 rings (SSSR count). The van der Waals surface area contributed by atoms with Crippen molar-refractivity contribution >= 4 is 12.6 Å². The van der Waals surface area contributed by atoms with Gasteiger partial charge in [-0.25, -0.2) is 0 Å². The van der Waals surface area contributed by atoms with Crippen LogP contribution in [0.2, 0.25) is 0 Å². The lowest BCUT2D eigenvalue weighted by molar-refractivity contribution is 1.48. The summed E-state index contributed by atoms with van der Waals surface area (Å²) in [5.41, 5.74) is 0. The standard InChI is InChI=1S/C5H6S/c1-2-3-4-5-6/h1-2,5H2. The average Bonchev–Trinajstić information content (AvgIpc) is 1.61.